The van der Waals surface area contributed by atoms with Gasteiger partial charge in [-0.05, 0) is 6.92 Å². The van der Waals surface area contributed by atoms with Crippen LogP contribution in [0, 0.1) is 0 Å². The monoisotopic (exact) mass is 174 g/mol. The minimum Gasteiger partial charge on any atom is -0.440 e. The van der Waals surface area contributed by atoms with Crippen LogP contribution >= 0.6 is 11.6 Å². The number of aromatic nitrogens is 2. The summed E-state index contributed by atoms with van der Waals surface area (Å²) < 4.78 is 4.63. The number of nitrogens with zero attached hydrogens (tertiary/aromatic N) is 1. The van der Waals surface area contributed by atoms with Crippen molar-refractivity contribution in [2.45, 2.75) is 12.5 Å². The molecule has 1 rings (SSSR count). The van der Waals surface area contributed by atoms with Gasteiger partial charge in [-0.25, -0.2) is 9.78 Å². The zero-order valence-corrected chi connectivity index (χ0v) is 6.63. The molecule has 0 aromatic carbocycles. The summed E-state index contributed by atoms with van der Waals surface area (Å²) in [6.45, 7) is 1.56. The van der Waals surface area contributed by atoms with Gasteiger partial charge < -0.3 is 9.72 Å². The maximum Gasteiger partial charge on any atom is 0.375 e. The van der Waals surface area contributed by atoms with Gasteiger partial charge in [0.25, 0.3) is 0 Å². The molecule has 0 radical (unpaired) electrons. The fraction of sp³-hybridized carbons (Fsp3) is 0.333. The Morgan fingerprint density at radius 2 is 2.64 bits per heavy atom. The van der Waals surface area contributed by atoms with Crippen molar-refractivity contribution in [1.29, 1.82) is 0 Å². The number of hydrogen-bond donors (Lipinski definition) is 1. The van der Waals surface area contributed by atoms with Crippen LogP contribution in [0.15, 0.2) is 12.4 Å². The first-order valence-electron chi connectivity index (χ1n) is 3.04. The lowest BCUT2D eigenvalue weighted by molar-refractivity contribution is 0.0459. The molecule has 5 heteroatoms. The highest BCUT2D eigenvalue weighted by atomic mass is 35.5. The Bertz CT molecular complexity index is 233. The average molecular weight is 175 g/mol. The Hall–Kier alpha value is -1.03. The molecule has 0 saturated heterocycles. The second-order valence-corrected chi connectivity index (χ2v) is 2.50. The van der Waals surface area contributed by atoms with Crippen LogP contribution in [0.4, 0.5) is 0 Å². The molecule has 1 aromatic heterocycles. The van der Waals surface area contributed by atoms with Gasteiger partial charge in [-0.15, -0.1) is 0 Å². The van der Waals surface area contributed by atoms with Crippen molar-refractivity contribution in [1.82, 2.24) is 9.97 Å². The minimum absolute atomic E-state index is 0.164. The van der Waals surface area contributed by atoms with E-state index in [0.717, 1.165) is 0 Å². The lowest BCUT2D eigenvalue weighted by Gasteiger charge is -2.02. The summed E-state index contributed by atoms with van der Waals surface area (Å²) in [5.74, 6) is -0.380. The highest BCUT2D eigenvalue weighted by molar-refractivity contribution is 6.20. The molecule has 0 bridgehead atoms. The van der Waals surface area contributed by atoms with Crippen LogP contribution < -0.4 is 0 Å². The van der Waals surface area contributed by atoms with Crippen LogP contribution in [0.5, 0.6) is 0 Å². The minimum atomic E-state index is -0.632. The first kappa shape index (κ1) is 8.07. The Morgan fingerprint density at radius 1 is 1.91 bits per heavy atom. The summed E-state index contributed by atoms with van der Waals surface area (Å²) in [6.07, 6.45) is 3.00. The second kappa shape index (κ2) is 3.39. The molecule has 0 spiro atoms. The summed E-state index contributed by atoms with van der Waals surface area (Å²) >= 11 is 5.40. The lowest BCUT2D eigenvalue weighted by atomic mass is 10.6. The smallest absolute Gasteiger partial charge is 0.375 e. The number of halogens is 1. The summed E-state index contributed by atoms with van der Waals surface area (Å²) in [4.78, 5) is 17.2. The quantitative estimate of drug-likeness (QED) is 0.541. The number of rotatable bonds is 2. The summed E-state index contributed by atoms with van der Waals surface area (Å²) in [5, 5.41) is 0. The molecule has 0 saturated carbocycles. The number of nitrogens with one attached hydrogen (secondary N) is 1. The number of alkyl halides is 1. The van der Waals surface area contributed by atoms with Crippen LogP contribution in [0.2, 0.25) is 0 Å². The van der Waals surface area contributed by atoms with Crippen LogP contribution in [-0.4, -0.2) is 21.5 Å². The number of carbonyl (C=O) groups is 1. The van der Waals surface area contributed by atoms with E-state index < -0.39 is 11.5 Å². The molecule has 1 atom stereocenters. The van der Waals surface area contributed by atoms with Crippen molar-refractivity contribution >= 4 is 17.6 Å². The van der Waals surface area contributed by atoms with E-state index in [2.05, 4.69) is 14.7 Å². The molecule has 1 N–H and O–H groups in total. The third-order valence-electron chi connectivity index (χ3n) is 0.961. The van der Waals surface area contributed by atoms with E-state index in [-0.39, 0.29) is 5.82 Å². The van der Waals surface area contributed by atoms with Gasteiger partial charge in [-0.2, -0.15) is 0 Å². The van der Waals surface area contributed by atoms with Crippen molar-refractivity contribution in [2.75, 3.05) is 0 Å². The highest BCUT2D eigenvalue weighted by Gasteiger charge is 2.11. The number of esters is 1. The van der Waals surface area contributed by atoms with Gasteiger partial charge in [0, 0.05) is 12.4 Å². The maximum atomic E-state index is 10.9. The van der Waals surface area contributed by atoms with Crippen LogP contribution in [0.25, 0.3) is 0 Å². The predicted molar refractivity (Wildman–Crippen MR) is 39.3 cm³/mol. The van der Waals surface area contributed by atoms with Crippen LogP contribution in [-0.2, 0) is 4.74 Å². The van der Waals surface area contributed by atoms with E-state index in [9.17, 15) is 4.79 Å². The third kappa shape index (κ3) is 2.23. The molecule has 60 valence electrons. The summed E-state index contributed by atoms with van der Waals surface area (Å²) in [7, 11) is 0. The van der Waals surface area contributed by atoms with E-state index in [4.69, 9.17) is 11.6 Å². The molecule has 11 heavy (non-hydrogen) atoms. The van der Waals surface area contributed by atoms with E-state index in [1.807, 2.05) is 0 Å². The van der Waals surface area contributed by atoms with Crippen molar-refractivity contribution in [3.8, 4) is 0 Å². The number of hydrogen-bond acceptors (Lipinski definition) is 3. The van der Waals surface area contributed by atoms with Crippen molar-refractivity contribution in [2.24, 2.45) is 0 Å². The molecule has 0 amide bonds. The van der Waals surface area contributed by atoms with Gasteiger partial charge in [-0.3, -0.25) is 0 Å². The van der Waals surface area contributed by atoms with Crippen LogP contribution in [0.1, 0.15) is 17.5 Å². The number of imidazole rings is 1. The molecule has 4 nitrogen and oxygen atoms in total. The number of aromatic amines is 1. The zero-order valence-electron chi connectivity index (χ0n) is 5.87. The van der Waals surface area contributed by atoms with Crippen molar-refractivity contribution in [3.05, 3.63) is 18.2 Å². The van der Waals surface area contributed by atoms with Gasteiger partial charge in [0.1, 0.15) is 0 Å². The Labute approximate surface area is 68.5 Å². The normalized spacial score (nSPS) is 12.5. The standard InChI is InChI=1S/C6H7ClN2O2/c1-4(7)11-6(10)5-8-2-3-9-5/h2-4H,1H3,(H,8,9). The molecule has 0 fully saturated rings. The first-order chi connectivity index (χ1) is 5.20. The first-order valence-corrected chi connectivity index (χ1v) is 3.48. The molecular formula is C6H7ClN2O2. The van der Waals surface area contributed by atoms with Gasteiger partial charge >= 0.3 is 5.97 Å². The van der Waals surface area contributed by atoms with Gasteiger partial charge in [0.2, 0.25) is 5.82 Å². The zero-order chi connectivity index (χ0) is 8.27. The average Bonchev–Trinajstić information content (AvgIpc) is 2.35. The Balaban J connectivity index is 2.57. The molecule has 0 aliphatic heterocycles. The van der Waals surface area contributed by atoms with E-state index in [1.54, 1.807) is 6.92 Å². The van der Waals surface area contributed by atoms with Crippen LogP contribution in [0.3, 0.4) is 0 Å². The number of H-pyrrole nitrogens is 1. The largest absolute Gasteiger partial charge is 0.440 e. The van der Waals surface area contributed by atoms with Gasteiger partial charge in [-0.1, -0.05) is 11.6 Å². The number of ether oxygens (including phenoxy) is 1. The van der Waals surface area contributed by atoms with Crippen molar-refractivity contribution < 1.29 is 9.53 Å². The Kier molecular flexibility index (Phi) is 2.48. The van der Waals surface area contributed by atoms with Crippen molar-refractivity contribution in [3.63, 3.8) is 0 Å². The topological polar surface area (TPSA) is 55.0 Å². The van der Waals surface area contributed by atoms with Gasteiger partial charge in [0.15, 0.2) is 5.56 Å². The fourth-order valence-electron chi connectivity index (χ4n) is 0.580. The lowest BCUT2D eigenvalue weighted by Crippen LogP contribution is -2.11. The highest BCUT2D eigenvalue weighted by Crippen LogP contribution is 2.00. The van der Waals surface area contributed by atoms with E-state index >= 15 is 0 Å². The van der Waals surface area contributed by atoms with E-state index in [1.165, 1.54) is 12.4 Å². The third-order valence-corrected chi connectivity index (χ3v) is 1.05. The molecular weight excluding hydrogens is 168 g/mol. The fourth-order valence-corrected chi connectivity index (χ4v) is 0.661. The van der Waals surface area contributed by atoms with E-state index in [0.29, 0.717) is 0 Å². The maximum absolute atomic E-state index is 10.9. The second-order valence-electron chi connectivity index (χ2n) is 1.89. The predicted octanol–water partition coefficient (Wildman–Crippen LogP) is 1.15. The molecule has 0 aliphatic rings. The molecule has 1 unspecified atom stereocenters. The number of carbonyl (C=O) groups excluding carboxylic acids is 1. The summed E-state index contributed by atoms with van der Waals surface area (Å²) in [6, 6.07) is 0. The van der Waals surface area contributed by atoms with Gasteiger partial charge in [0.05, 0.1) is 0 Å². The molecule has 0 aliphatic carbocycles. The molecule has 1 aromatic rings. The Morgan fingerprint density at radius 3 is 3.09 bits per heavy atom. The summed E-state index contributed by atoms with van der Waals surface area (Å²) in [5.41, 5.74) is -0.632. The molecule has 1 heterocycles. The SMILES string of the molecule is CC(Cl)OC(=O)c1ncc[nH]1.